The fourth-order valence-corrected chi connectivity index (χ4v) is 4.58. The summed E-state index contributed by atoms with van der Waals surface area (Å²) in [6.07, 6.45) is 0. The zero-order valence-corrected chi connectivity index (χ0v) is 18.0. The molecule has 1 aliphatic heterocycles. The number of benzene rings is 3. The number of hydrogen-bond acceptors (Lipinski definition) is 4. The third-order valence-electron chi connectivity index (χ3n) is 6.14. The SMILES string of the molecule is COC(=O)c1ccc(CN2C[C@@H](C)N(Cc3ccc4ccccc4c3)[C@@H](C)C2)cc1. The third kappa shape index (κ3) is 4.55. The molecule has 0 saturated carbocycles. The quantitative estimate of drug-likeness (QED) is 0.578. The summed E-state index contributed by atoms with van der Waals surface area (Å²) in [5.74, 6) is -0.286. The molecule has 3 aromatic carbocycles. The number of hydrogen-bond donors (Lipinski definition) is 0. The maximum atomic E-state index is 11.6. The molecule has 1 heterocycles. The third-order valence-corrected chi connectivity index (χ3v) is 6.14. The summed E-state index contributed by atoms with van der Waals surface area (Å²) in [4.78, 5) is 16.7. The topological polar surface area (TPSA) is 32.8 Å². The average molecular weight is 403 g/mol. The van der Waals surface area contributed by atoms with Crippen molar-refractivity contribution in [3.63, 3.8) is 0 Å². The summed E-state index contributed by atoms with van der Waals surface area (Å²) >= 11 is 0. The summed E-state index contributed by atoms with van der Waals surface area (Å²) in [5, 5.41) is 2.61. The van der Waals surface area contributed by atoms with Crippen LogP contribution in [0.3, 0.4) is 0 Å². The van der Waals surface area contributed by atoms with E-state index in [0.717, 1.165) is 26.2 Å². The molecule has 0 unspecified atom stereocenters. The van der Waals surface area contributed by atoms with Crippen molar-refractivity contribution in [2.45, 2.75) is 39.0 Å². The second-order valence-corrected chi connectivity index (χ2v) is 8.43. The van der Waals surface area contributed by atoms with Gasteiger partial charge in [0.2, 0.25) is 0 Å². The fourth-order valence-electron chi connectivity index (χ4n) is 4.58. The highest BCUT2D eigenvalue weighted by Gasteiger charge is 2.29. The predicted molar refractivity (Wildman–Crippen MR) is 121 cm³/mol. The summed E-state index contributed by atoms with van der Waals surface area (Å²) in [5.41, 5.74) is 3.20. The maximum Gasteiger partial charge on any atom is 0.337 e. The number of carbonyl (C=O) groups excluding carboxylic acids is 1. The van der Waals surface area contributed by atoms with Crippen molar-refractivity contribution in [1.29, 1.82) is 0 Å². The van der Waals surface area contributed by atoms with Crippen LogP contribution in [0.25, 0.3) is 10.8 Å². The molecule has 0 aliphatic carbocycles. The Hall–Kier alpha value is -2.69. The molecule has 4 rings (SSSR count). The van der Waals surface area contributed by atoms with Gasteiger partial charge in [-0.15, -0.1) is 0 Å². The van der Waals surface area contributed by atoms with Gasteiger partial charge < -0.3 is 4.74 Å². The van der Waals surface area contributed by atoms with Crippen molar-refractivity contribution < 1.29 is 9.53 Å². The summed E-state index contributed by atoms with van der Waals surface area (Å²) < 4.78 is 4.78. The van der Waals surface area contributed by atoms with E-state index in [1.54, 1.807) is 0 Å². The van der Waals surface area contributed by atoms with Gasteiger partial charge in [0, 0.05) is 38.3 Å². The van der Waals surface area contributed by atoms with E-state index in [1.807, 2.05) is 24.3 Å². The first kappa shape index (κ1) is 20.6. The number of esters is 1. The Morgan fingerprint density at radius 3 is 2.17 bits per heavy atom. The van der Waals surface area contributed by atoms with Crippen LogP contribution in [0.2, 0.25) is 0 Å². The first-order chi connectivity index (χ1) is 14.5. The largest absolute Gasteiger partial charge is 0.465 e. The molecular weight excluding hydrogens is 372 g/mol. The van der Waals surface area contributed by atoms with Crippen LogP contribution in [-0.4, -0.2) is 48.1 Å². The highest BCUT2D eigenvalue weighted by atomic mass is 16.5. The number of ether oxygens (including phenoxy) is 1. The number of methoxy groups -OCH3 is 1. The zero-order chi connectivity index (χ0) is 21.1. The molecule has 0 N–H and O–H groups in total. The van der Waals surface area contributed by atoms with Gasteiger partial charge in [-0.3, -0.25) is 9.80 Å². The molecule has 4 nitrogen and oxygen atoms in total. The molecule has 156 valence electrons. The minimum atomic E-state index is -0.286. The molecular formula is C26H30N2O2. The maximum absolute atomic E-state index is 11.6. The van der Waals surface area contributed by atoms with Gasteiger partial charge in [0.25, 0.3) is 0 Å². The average Bonchev–Trinajstić information content (AvgIpc) is 2.76. The molecule has 30 heavy (non-hydrogen) atoms. The lowest BCUT2D eigenvalue weighted by atomic mass is 10.0. The summed E-state index contributed by atoms with van der Waals surface area (Å²) in [7, 11) is 1.41. The van der Waals surface area contributed by atoms with E-state index in [0.29, 0.717) is 17.6 Å². The van der Waals surface area contributed by atoms with Crippen molar-refractivity contribution in [3.05, 3.63) is 83.4 Å². The Labute approximate surface area is 179 Å². The van der Waals surface area contributed by atoms with Gasteiger partial charge in [0.15, 0.2) is 0 Å². The van der Waals surface area contributed by atoms with Crippen LogP contribution in [-0.2, 0) is 17.8 Å². The van der Waals surface area contributed by atoms with Gasteiger partial charge in [-0.2, -0.15) is 0 Å². The Morgan fingerprint density at radius 1 is 0.867 bits per heavy atom. The normalized spacial score (nSPS) is 20.4. The van der Waals surface area contributed by atoms with Crippen LogP contribution in [0.5, 0.6) is 0 Å². The number of piperazine rings is 1. The van der Waals surface area contributed by atoms with E-state index in [-0.39, 0.29) is 5.97 Å². The van der Waals surface area contributed by atoms with E-state index in [2.05, 4.69) is 66.1 Å². The smallest absolute Gasteiger partial charge is 0.337 e. The van der Waals surface area contributed by atoms with Crippen LogP contribution in [0.1, 0.15) is 35.3 Å². The molecule has 0 spiro atoms. The highest BCUT2D eigenvalue weighted by Crippen LogP contribution is 2.23. The van der Waals surface area contributed by atoms with Crippen molar-refractivity contribution in [3.8, 4) is 0 Å². The van der Waals surface area contributed by atoms with E-state index in [1.165, 1.54) is 29.0 Å². The van der Waals surface area contributed by atoms with Crippen LogP contribution < -0.4 is 0 Å². The molecule has 4 heteroatoms. The van der Waals surface area contributed by atoms with Crippen LogP contribution in [0.4, 0.5) is 0 Å². The molecule has 0 amide bonds. The van der Waals surface area contributed by atoms with E-state index >= 15 is 0 Å². The molecule has 0 radical (unpaired) electrons. The van der Waals surface area contributed by atoms with Crippen LogP contribution in [0.15, 0.2) is 66.7 Å². The van der Waals surface area contributed by atoms with Gasteiger partial charge >= 0.3 is 5.97 Å². The molecule has 0 bridgehead atoms. The summed E-state index contributed by atoms with van der Waals surface area (Å²) in [6.45, 7) is 8.61. The molecule has 1 saturated heterocycles. The van der Waals surface area contributed by atoms with E-state index < -0.39 is 0 Å². The number of rotatable bonds is 5. The van der Waals surface area contributed by atoms with Crippen LogP contribution in [0, 0.1) is 0 Å². The lowest BCUT2D eigenvalue weighted by molar-refractivity contribution is 0.0290. The Bertz CT molecular complexity index is 1000. The predicted octanol–water partition coefficient (Wildman–Crippen LogP) is 4.72. The number of carbonyl (C=O) groups is 1. The highest BCUT2D eigenvalue weighted by molar-refractivity contribution is 5.89. The monoisotopic (exact) mass is 402 g/mol. The minimum Gasteiger partial charge on any atom is -0.465 e. The van der Waals surface area contributed by atoms with E-state index in [9.17, 15) is 4.79 Å². The first-order valence-electron chi connectivity index (χ1n) is 10.7. The number of nitrogens with zero attached hydrogens (tertiary/aromatic N) is 2. The molecule has 0 aromatic heterocycles. The van der Waals surface area contributed by atoms with Crippen molar-refractivity contribution in [2.24, 2.45) is 0 Å². The molecule has 1 aliphatic rings. The van der Waals surface area contributed by atoms with Crippen LogP contribution >= 0.6 is 0 Å². The lowest BCUT2D eigenvalue weighted by Gasteiger charge is -2.44. The zero-order valence-electron chi connectivity index (χ0n) is 18.0. The number of fused-ring (bicyclic) bond motifs is 1. The van der Waals surface area contributed by atoms with Gasteiger partial charge in [-0.05, 0) is 53.9 Å². The fraction of sp³-hybridized carbons (Fsp3) is 0.346. The van der Waals surface area contributed by atoms with Gasteiger partial charge in [-0.1, -0.05) is 48.5 Å². The summed E-state index contributed by atoms with van der Waals surface area (Å²) in [6, 6.07) is 24.1. The van der Waals surface area contributed by atoms with Crippen molar-refractivity contribution in [2.75, 3.05) is 20.2 Å². The minimum absolute atomic E-state index is 0.286. The first-order valence-corrected chi connectivity index (χ1v) is 10.7. The molecule has 3 aromatic rings. The Morgan fingerprint density at radius 2 is 1.50 bits per heavy atom. The molecule has 1 fully saturated rings. The lowest BCUT2D eigenvalue weighted by Crippen LogP contribution is -2.55. The van der Waals surface area contributed by atoms with Gasteiger partial charge in [-0.25, -0.2) is 4.79 Å². The second kappa shape index (κ2) is 8.99. The van der Waals surface area contributed by atoms with Gasteiger partial charge in [0.1, 0.15) is 0 Å². The standard InChI is InChI=1S/C26H30N2O2/c1-19-15-27(17-21-8-12-24(13-9-21)26(29)30-3)16-20(2)28(19)18-22-10-11-23-6-4-5-7-25(23)14-22/h4-14,19-20H,15-18H2,1-3H3/t19-,20+. The van der Waals surface area contributed by atoms with Crippen molar-refractivity contribution in [1.82, 2.24) is 9.80 Å². The van der Waals surface area contributed by atoms with Crippen molar-refractivity contribution >= 4 is 16.7 Å². The van der Waals surface area contributed by atoms with Gasteiger partial charge in [0.05, 0.1) is 12.7 Å². The Kier molecular flexibility index (Phi) is 6.16. The second-order valence-electron chi connectivity index (χ2n) is 8.43. The van der Waals surface area contributed by atoms with E-state index in [4.69, 9.17) is 4.74 Å². The molecule has 2 atom stereocenters. The Balaban J connectivity index is 1.39.